The summed E-state index contributed by atoms with van der Waals surface area (Å²) in [6, 6.07) is 7.06. The predicted octanol–water partition coefficient (Wildman–Crippen LogP) is 2.33. The molecule has 118 valence electrons. The Hall–Kier alpha value is -1.11. The molecule has 0 unspecified atom stereocenters. The monoisotopic (exact) mass is 332 g/mol. The molecule has 2 N–H and O–H groups in total. The Morgan fingerprint density at radius 2 is 1.86 bits per heavy atom. The molecular formula is C14H21ClN2O3S. The Kier molecular flexibility index (Phi) is 7.14. The number of carbonyl (C=O) groups is 1. The normalized spacial score (nSPS) is 11.6. The lowest BCUT2D eigenvalue weighted by Gasteiger charge is -2.09. The zero-order valence-corrected chi connectivity index (χ0v) is 13.8. The van der Waals surface area contributed by atoms with Crippen LogP contribution < -0.4 is 10.0 Å². The molecule has 1 rings (SSSR count). The van der Waals surface area contributed by atoms with E-state index in [0.717, 1.165) is 5.56 Å². The molecule has 21 heavy (non-hydrogen) atoms. The van der Waals surface area contributed by atoms with Crippen LogP contribution in [0.15, 0.2) is 24.3 Å². The number of hydrogen-bond donors (Lipinski definition) is 2. The third kappa shape index (κ3) is 6.93. The molecule has 1 amide bonds. The van der Waals surface area contributed by atoms with Crippen molar-refractivity contribution in [3.05, 3.63) is 29.8 Å². The van der Waals surface area contributed by atoms with Crippen LogP contribution in [0.4, 0.5) is 5.69 Å². The van der Waals surface area contributed by atoms with E-state index in [1.807, 2.05) is 13.8 Å². The smallest absolute Gasteiger partial charge is 0.226 e. The van der Waals surface area contributed by atoms with Crippen molar-refractivity contribution >= 4 is 33.2 Å². The molecule has 0 bridgehead atoms. The summed E-state index contributed by atoms with van der Waals surface area (Å²) in [6.07, 6.45) is 0.428. The first-order valence-electron chi connectivity index (χ1n) is 6.77. The number of anilines is 1. The van der Waals surface area contributed by atoms with Gasteiger partial charge >= 0.3 is 0 Å². The Bertz CT molecular complexity index is 556. The van der Waals surface area contributed by atoms with Crippen LogP contribution in [-0.2, 0) is 21.4 Å². The molecule has 0 atom stereocenters. The van der Waals surface area contributed by atoms with Crippen molar-refractivity contribution in [1.82, 2.24) is 4.72 Å². The fraction of sp³-hybridized carbons (Fsp3) is 0.500. The maximum atomic E-state index is 11.6. The number of halogens is 1. The minimum Gasteiger partial charge on any atom is -0.326 e. The zero-order chi connectivity index (χ0) is 15.9. The SMILES string of the molecule is CC(C)C(=O)Nc1ccc(CNS(=O)(=O)CCCCl)cc1. The van der Waals surface area contributed by atoms with Crippen LogP contribution in [0.5, 0.6) is 0 Å². The number of nitrogens with one attached hydrogen (secondary N) is 2. The summed E-state index contributed by atoms with van der Waals surface area (Å²) in [4.78, 5) is 11.5. The molecule has 0 aliphatic heterocycles. The standard InChI is InChI=1S/C14H21ClN2O3S/c1-11(2)14(18)17-13-6-4-12(5-7-13)10-16-21(19,20)9-3-8-15/h4-7,11,16H,3,8-10H2,1-2H3,(H,17,18). The van der Waals surface area contributed by atoms with Gasteiger partial charge in [-0.15, -0.1) is 11.6 Å². The van der Waals surface area contributed by atoms with E-state index in [-0.39, 0.29) is 24.1 Å². The second-order valence-corrected chi connectivity index (χ2v) is 7.33. The molecule has 0 aliphatic rings. The van der Waals surface area contributed by atoms with Gasteiger partial charge in [0.05, 0.1) is 5.75 Å². The van der Waals surface area contributed by atoms with Gasteiger partial charge < -0.3 is 5.32 Å². The topological polar surface area (TPSA) is 75.3 Å². The summed E-state index contributed by atoms with van der Waals surface area (Å²) in [7, 11) is -3.29. The highest BCUT2D eigenvalue weighted by molar-refractivity contribution is 7.89. The Balaban J connectivity index is 2.53. The summed E-state index contributed by atoms with van der Waals surface area (Å²) in [5.41, 5.74) is 1.52. The summed E-state index contributed by atoms with van der Waals surface area (Å²) >= 11 is 5.48. The molecule has 5 nitrogen and oxygen atoms in total. The number of carbonyl (C=O) groups excluding carboxylic acids is 1. The maximum absolute atomic E-state index is 11.6. The summed E-state index contributed by atoms with van der Waals surface area (Å²) < 4.78 is 25.8. The van der Waals surface area contributed by atoms with Crippen LogP contribution in [0, 0.1) is 5.92 Å². The zero-order valence-electron chi connectivity index (χ0n) is 12.2. The Morgan fingerprint density at radius 1 is 1.24 bits per heavy atom. The molecule has 0 saturated carbocycles. The molecule has 7 heteroatoms. The average molecular weight is 333 g/mol. The van der Waals surface area contributed by atoms with Crippen molar-refractivity contribution in [2.45, 2.75) is 26.8 Å². The Morgan fingerprint density at radius 3 is 2.38 bits per heavy atom. The Labute approximate surface area is 131 Å². The number of sulfonamides is 1. The quantitative estimate of drug-likeness (QED) is 0.717. The molecule has 1 aromatic rings. The largest absolute Gasteiger partial charge is 0.326 e. The minimum absolute atomic E-state index is 0.0268. The lowest BCUT2D eigenvalue weighted by molar-refractivity contribution is -0.118. The van der Waals surface area contributed by atoms with E-state index >= 15 is 0 Å². The number of hydrogen-bond acceptors (Lipinski definition) is 3. The summed E-state index contributed by atoms with van der Waals surface area (Å²) in [5, 5.41) is 2.78. The number of alkyl halides is 1. The highest BCUT2D eigenvalue weighted by Crippen LogP contribution is 2.11. The molecule has 0 aliphatic carbocycles. The van der Waals surface area contributed by atoms with Crippen molar-refractivity contribution in [3.63, 3.8) is 0 Å². The second kappa shape index (κ2) is 8.36. The van der Waals surface area contributed by atoms with Crippen LogP contribution in [-0.4, -0.2) is 26.0 Å². The highest BCUT2D eigenvalue weighted by Gasteiger charge is 2.10. The van der Waals surface area contributed by atoms with Crippen LogP contribution in [0.1, 0.15) is 25.8 Å². The van der Waals surface area contributed by atoms with Crippen molar-refractivity contribution < 1.29 is 13.2 Å². The van der Waals surface area contributed by atoms with E-state index in [2.05, 4.69) is 10.0 Å². The van der Waals surface area contributed by atoms with Gasteiger partial charge in [-0.1, -0.05) is 26.0 Å². The fourth-order valence-electron chi connectivity index (χ4n) is 1.50. The third-order valence-electron chi connectivity index (χ3n) is 2.79. The van der Waals surface area contributed by atoms with Crippen LogP contribution in [0.2, 0.25) is 0 Å². The van der Waals surface area contributed by atoms with E-state index in [1.165, 1.54) is 0 Å². The lowest BCUT2D eigenvalue weighted by atomic mass is 10.2. The maximum Gasteiger partial charge on any atom is 0.226 e. The fourth-order valence-corrected chi connectivity index (χ4v) is 2.85. The van der Waals surface area contributed by atoms with Crippen molar-refractivity contribution in [2.75, 3.05) is 16.9 Å². The molecule has 0 saturated heterocycles. The van der Waals surface area contributed by atoms with Crippen LogP contribution in [0.3, 0.4) is 0 Å². The molecular weight excluding hydrogens is 312 g/mol. The van der Waals surface area contributed by atoms with Gasteiger partial charge in [0.1, 0.15) is 0 Å². The van der Waals surface area contributed by atoms with E-state index in [0.29, 0.717) is 18.0 Å². The molecule has 1 aromatic carbocycles. The van der Waals surface area contributed by atoms with Gasteiger partial charge in [0, 0.05) is 24.0 Å². The third-order valence-corrected chi connectivity index (χ3v) is 4.47. The van der Waals surface area contributed by atoms with E-state index < -0.39 is 10.0 Å². The molecule has 0 radical (unpaired) electrons. The summed E-state index contributed by atoms with van der Waals surface area (Å²) in [6.45, 7) is 3.86. The number of rotatable bonds is 8. The van der Waals surface area contributed by atoms with Gasteiger partial charge in [-0.25, -0.2) is 13.1 Å². The lowest BCUT2D eigenvalue weighted by Crippen LogP contribution is -2.26. The van der Waals surface area contributed by atoms with Crippen LogP contribution in [0.25, 0.3) is 0 Å². The molecule has 0 heterocycles. The van der Waals surface area contributed by atoms with Gasteiger partial charge in [0.15, 0.2) is 0 Å². The molecule has 0 spiro atoms. The molecule has 0 aromatic heterocycles. The van der Waals surface area contributed by atoms with Crippen LogP contribution >= 0.6 is 11.6 Å². The number of amides is 1. The minimum atomic E-state index is -3.29. The van der Waals surface area contributed by atoms with E-state index in [9.17, 15) is 13.2 Å². The molecule has 0 fully saturated rings. The first-order chi connectivity index (χ1) is 9.84. The van der Waals surface area contributed by atoms with Gasteiger partial charge in [-0.3, -0.25) is 4.79 Å². The first kappa shape index (κ1) is 17.9. The van der Waals surface area contributed by atoms with Crippen molar-refractivity contribution in [1.29, 1.82) is 0 Å². The summed E-state index contributed by atoms with van der Waals surface area (Å²) in [5.74, 6) is 0.215. The first-order valence-corrected chi connectivity index (χ1v) is 8.96. The van der Waals surface area contributed by atoms with Crippen molar-refractivity contribution in [3.8, 4) is 0 Å². The van der Waals surface area contributed by atoms with Gasteiger partial charge in [0.25, 0.3) is 0 Å². The van der Waals surface area contributed by atoms with E-state index in [4.69, 9.17) is 11.6 Å². The van der Waals surface area contributed by atoms with Gasteiger partial charge in [0.2, 0.25) is 15.9 Å². The van der Waals surface area contributed by atoms with E-state index in [1.54, 1.807) is 24.3 Å². The number of benzene rings is 1. The average Bonchev–Trinajstić information content (AvgIpc) is 2.44. The second-order valence-electron chi connectivity index (χ2n) is 5.02. The van der Waals surface area contributed by atoms with Gasteiger partial charge in [-0.05, 0) is 24.1 Å². The highest BCUT2D eigenvalue weighted by atomic mass is 35.5. The van der Waals surface area contributed by atoms with Gasteiger partial charge in [-0.2, -0.15) is 0 Å². The van der Waals surface area contributed by atoms with Crippen molar-refractivity contribution in [2.24, 2.45) is 5.92 Å². The predicted molar refractivity (Wildman–Crippen MR) is 85.9 cm³/mol.